The fraction of sp³-hybridized carbons (Fsp3) is 0.571. The fourth-order valence-corrected chi connectivity index (χ4v) is 3.76. The number of carbonyl (C=O) groups is 2. The molecular weight excluding hydrogens is 384 g/mol. The molecule has 1 aliphatic heterocycles. The third-order valence-electron chi connectivity index (χ3n) is 5.82. The number of carbonyl (C=O) groups excluding carboxylic acids is 2. The number of amides is 2. The van der Waals surface area contributed by atoms with Crippen molar-refractivity contribution in [2.75, 3.05) is 32.5 Å². The van der Waals surface area contributed by atoms with Crippen LogP contribution in [0.4, 0.5) is 5.82 Å². The Hall–Kier alpha value is -2.97. The van der Waals surface area contributed by atoms with Crippen LogP contribution in [0.2, 0.25) is 0 Å². The zero-order valence-corrected chi connectivity index (χ0v) is 17.7. The van der Waals surface area contributed by atoms with Crippen LogP contribution in [0, 0.1) is 0 Å². The Bertz CT molecular complexity index is 939. The normalized spacial score (nSPS) is 18.9. The monoisotopic (exact) mass is 412 g/mol. The molecule has 4 rings (SSSR count). The van der Waals surface area contributed by atoms with Crippen molar-refractivity contribution in [2.24, 2.45) is 0 Å². The summed E-state index contributed by atoms with van der Waals surface area (Å²) in [6, 6.07) is 3.72. The third-order valence-corrected chi connectivity index (χ3v) is 5.82. The second-order valence-electron chi connectivity index (χ2n) is 8.20. The minimum atomic E-state index is -0.0882. The molecule has 2 aromatic rings. The molecule has 1 N–H and O–H groups in total. The van der Waals surface area contributed by atoms with Gasteiger partial charge < -0.3 is 19.6 Å². The van der Waals surface area contributed by atoms with Crippen LogP contribution in [-0.2, 0) is 11.3 Å². The summed E-state index contributed by atoms with van der Waals surface area (Å²) in [6.45, 7) is 3.14. The molecule has 2 amide bonds. The van der Waals surface area contributed by atoms with Crippen LogP contribution in [-0.4, -0.2) is 63.9 Å². The summed E-state index contributed by atoms with van der Waals surface area (Å²) in [5.74, 6) is 2.53. The first kappa shape index (κ1) is 20.3. The quantitative estimate of drug-likeness (QED) is 0.777. The van der Waals surface area contributed by atoms with Crippen molar-refractivity contribution in [2.45, 2.75) is 51.0 Å². The minimum absolute atomic E-state index is 0.0392. The smallest absolute Gasteiger partial charge is 0.276 e. The lowest BCUT2D eigenvalue weighted by Crippen LogP contribution is -2.39. The van der Waals surface area contributed by atoms with E-state index >= 15 is 0 Å². The summed E-state index contributed by atoms with van der Waals surface area (Å²) < 4.78 is 5.36. The SMILES string of the molecule is CNc1cc([C@@H]2CCCN(C(=O)c3cc(C4CC4)on3)C2)nc(CN(C)C(C)=O)n1. The van der Waals surface area contributed by atoms with E-state index in [4.69, 9.17) is 9.51 Å². The average Bonchev–Trinajstić information content (AvgIpc) is 3.49. The van der Waals surface area contributed by atoms with Crippen molar-refractivity contribution in [1.82, 2.24) is 24.9 Å². The van der Waals surface area contributed by atoms with Crippen LogP contribution in [0.5, 0.6) is 0 Å². The number of hydrogen-bond donors (Lipinski definition) is 1. The standard InChI is InChI=1S/C21H28N6O3/c1-13(28)26(3)12-20-23-16(10-19(22-2)24-20)15-5-4-8-27(11-15)21(29)17-9-18(30-25-17)14-6-7-14/h9-10,14-15H,4-8,11-12H2,1-3H3,(H,22,23,24)/t15-/m1/s1. The molecule has 1 aliphatic carbocycles. The lowest BCUT2D eigenvalue weighted by molar-refractivity contribution is -0.128. The topological polar surface area (TPSA) is 104 Å². The summed E-state index contributed by atoms with van der Waals surface area (Å²) in [7, 11) is 3.54. The first-order valence-electron chi connectivity index (χ1n) is 10.5. The molecule has 0 spiro atoms. The van der Waals surface area contributed by atoms with Crippen molar-refractivity contribution in [3.63, 3.8) is 0 Å². The second kappa shape index (κ2) is 8.41. The molecule has 160 valence electrons. The first-order chi connectivity index (χ1) is 14.4. The van der Waals surface area contributed by atoms with Gasteiger partial charge in [-0.2, -0.15) is 0 Å². The number of nitrogens with zero attached hydrogens (tertiary/aromatic N) is 5. The lowest BCUT2D eigenvalue weighted by Gasteiger charge is -2.32. The van der Waals surface area contributed by atoms with Gasteiger partial charge in [0.25, 0.3) is 5.91 Å². The Kier molecular flexibility index (Phi) is 5.69. The van der Waals surface area contributed by atoms with Crippen LogP contribution < -0.4 is 5.32 Å². The second-order valence-corrected chi connectivity index (χ2v) is 8.20. The molecule has 30 heavy (non-hydrogen) atoms. The Balaban J connectivity index is 1.50. The van der Waals surface area contributed by atoms with E-state index in [1.165, 1.54) is 6.92 Å². The van der Waals surface area contributed by atoms with Gasteiger partial charge in [-0.05, 0) is 25.7 Å². The molecule has 9 nitrogen and oxygen atoms in total. The zero-order chi connectivity index (χ0) is 21.3. The molecule has 2 fully saturated rings. The Morgan fingerprint density at radius 1 is 1.23 bits per heavy atom. The summed E-state index contributed by atoms with van der Waals surface area (Å²) in [4.78, 5) is 37.2. The molecule has 0 radical (unpaired) electrons. The minimum Gasteiger partial charge on any atom is -0.373 e. The highest BCUT2D eigenvalue weighted by Crippen LogP contribution is 2.40. The molecule has 1 atom stereocenters. The van der Waals surface area contributed by atoms with E-state index in [0.717, 1.165) is 37.1 Å². The number of hydrogen-bond acceptors (Lipinski definition) is 7. The maximum atomic E-state index is 13.0. The molecule has 0 aromatic carbocycles. The van der Waals surface area contributed by atoms with Gasteiger partial charge in [-0.3, -0.25) is 9.59 Å². The van der Waals surface area contributed by atoms with Gasteiger partial charge in [0.2, 0.25) is 5.91 Å². The van der Waals surface area contributed by atoms with Crippen molar-refractivity contribution < 1.29 is 14.1 Å². The van der Waals surface area contributed by atoms with E-state index in [9.17, 15) is 9.59 Å². The highest BCUT2D eigenvalue weighted by atomic mass is 16.5. The van der Waals surface area contributed by atoms with Crippen LogP contribution in [0.1, 0.15) is 72.2 Å². The number of anilines is 1. The largest absolute Gasteiger partial charge is 0.373 e. The Morgan fingerprint density at radius 2 is 2.03 bits per heavy atom. The molecule has 1 saturated heterocycles. The van der Waals surface area contributed by atoms with Crippen LogP contribution in [0.15, 0.2) is 16.7 Å². The molecule has 0 bridgehead atoms. The first-order valence-corrected chi connectivity index (χ1v) is 10.5. The van der Waals surface area contributed by atoms with Gasteiger partial charge in [0.05, 0.1) is 12.2 Å². The maximum Gasteiger partial charge on any atom is 0.276 e. The summed E-state index contributed by atoms with van der Waals surface area (Å²) in [5.41, 5.74) is 1.28. The molecule has 9 heteroatoms. The average molecular weight is 412 g/mol. The summed E-state index contributed by atoms with van der Waals surface area (Å²) in [6.07, 6.45) is 4.05. The van der Waals surface area contributed by atoms with Gasteiger partial charge in [-0.25, -0.2) is 9.97 Å². The summed E-state index contributed by atoms with van der Waals surface area (Å²) >= 11 is 0. The zero-order valence-electron chi connectivity index (χ0n) is 17.7. The van der Waals surface area contributed by atoms with Gasteiger partial charge in [0.15, 0.2) is 5.69 Å². The lowest BCUT2D eigenvalue weighted by atomic mass is 9.94. The molecule has 0 unspecified atom stereocenters. The predicted octanol–water partition coefficient (Wildman–Crippen LogP) is 2.38. The van der Waals surface area contributed by atoms with E-state index in [1.807, 2.05) is 18.0 Å². The van der Waals surface area contributed by atoms with Crippen LogP contribution in [0.3, 0.4) is 0 Å². The van der Waals surface area contributed by atoms with Crippen molar-refractivity contribution in [3.8, 4) is 0 Å². The highest BCUT2D eigenvalue weighted by molar-refractivity contribution is 5.92. The fourth-order valence-electron chi connectivity index (χ4n) is 3.76. The third kappa shape index (κ3) is 4.44. The van der Waals surface area contributed by atoms with E-state index in [2.05, 4.69) is 15.5 Å². The molecule has 2 aromatic heterocycles. The number of aromatic nitrogens is 3. The number of piperidine rings is 1. The van der Waals surface area contributed by atoms with Gasteiger partial charge in [-0.1, -0.05) is 5.16 Å². The molecule has 3 heterocycles. The highest BCUT2D eigenvalue weighted by Gasteiger charge is 2.32. The number of likely N-dealkylation sites (tertiary alicyclic amines) is 1. The van der Waals surface area contributed by atoms with Gasteiger partial charge >= 0.3 is 0 Å². The Morgan fingerprint density at radius 3 is 2.73 bits per heavy atom. The van der Waals surface area contributed by atoms with Gasteiger partial charge in [0.1, 0.15) is 17.4 Å². The van der Waals surface area contributed by atoms with E-state index in [-0.39, 0.29) is 17.7 Å². The van der Waals surface area contributed by atoms with Gasteiger partial charge in [-0.15, -0.1) is 0 Å². The van der Waals surface area contributed by atoms with Crippen molar-refractivity contribution >= 4 is 17.6 Å². The maximum absolute atomic E-state index is 13.0. The van der Waals surface area contributed by atoms with E-state index < -0.39 is 0 Å². The predicted molar refractivity (Wildman–Crippen MR) is 110 cm³/mol. The van der Waals surface area contributed by atoms with E-state index in [0.29, 0.717) is 42.9 Å². The number of rotatable bonds is 6. The van der Waals surface area contributed by atoms with E-state index in [1.54, 1.807) is 18.0 Å². The van der Waals surface area contributed by atoms with Gasteiger partial charge in [0, 0.05) is 58.1 Å². The van der Waals surface area contributed by atoms with Crippen molar-refractivity contribution in [3.05, 3.63) is 35.1 Å². The summed E-state index contributed by atoms with van der Waals surface area (Å²) in [5, 5.41) is 7.07. The van der Waals surface area contributed by atoms with Crippen LogP contribution >= 0.6 is 0 Å². The Labute approximate surface area is 175 Å². The van der Waals surface area contributed by atoms with Crippen molar-refractivity contribution in [1.29, 1.82) is 0 Å². The van der Waals surface area contributed by atoms with Crippen LogP contribution in [0.25, 0.3) is 0 Å². The molecule has 2 aliphatic rings. The molecule has 1 saturated carbocycles. The number of nitrogens with one attached hydrogen (secondary N) is 1. The molecular formula is C21H28N6O3.